The van der Waals surface area contributed by atoms with Gasteiger partial charge in [-0.05, 0) is 68.6 Å². The molecule has 0 spiro atoms. The molecule has 0 unspecified atom stereocenters. The fraction of sp³-hybridized carbons (Fsp3) is 0.565. The van der Waals surface area contributed by atoms with Crippen LogP contribution in [0.3, 0.4) is 0 Å². The molecule has 1 saturated carbocycles. The van der Waals surface area contributed by atoms with Crippen molar-refractivity contribution in [3.05, 3.63) is 34.5 Å². The third-order valence-electron chi connectivity index (χ3n) is 6.10. The summed E-state index contributed by atoms with van der Waals surface area (Å²) in [4.78, 5) is 17.8. The number of aromatic nitrogens is 1. The van der Waals surface area contributed by atoms with Gasteiger partial charge in [0.05, 0.1) is 12.3 Å². The zero-order chi connectivity index (χ0) is 21.6. The molecular weight excluding hydrogens is 417 g/mol. The first-order chi connectivity index (χ1) is 15.1. The van der Waals surface area contributed by atoms with E-state index in [4.69, 9.17) is 14.5 Å². The van der Waals surface area contributed by atoms with Gasteiger partial charge >= 0.3 is 6.09 Å². The van der Waals surface area contributed by atoms with E-state index < -0.39 is 0 Å². The molecule has 1 amide bonds. The smallest absolute Gasteiger partial charge is 0.407 e. The highest BCUT2D eigenvalue weighted by Crippen LogP contribution is 2.38. The molecule has 1 aromatic carbocycles. The van der Waals surface area contributed by atoms with Gasteiger partial charge in [0.15, 0.2) is 5.13 Å². The van der Waals surface area contributed by atoms with Crippen LogP contribution in [0, 0.1) is 11.7 Å². The third kappa shape index (κ3) is 5.74. The van der Waals surface area contributed by atoms with Crippen molar-refractivity contribution in [3.63, 3.8) is 0 Å². The number of hydrogen-bond donors (Lipinski definition) is 2. The van der Waals surface area contributed by atoms with Crippen molar-refractivity contribution in [3.8, 4) is 11.3 Å². The van der Waals surface area contributed by atoms with Crippen LogP contribution in [0.1, 0.15) is 42.5 Å². The van der Waals surface area contributed by atoms with Crippen molar-refractivity contribution in [1.82, 2.24) is 10.3 Å². The van der Waals surface area contributed by atoms with Crippen LogP contribution in [-0.2, 0) is 22.3 Å². The van der Waals surface area contributed by atoms with Crippen molar-refractivity contribution in [2.75, 3.05) is 32.2 Å². The van der Waals surface area contributed by atoms with Crippen LogP contribution in [0.2, 0.25) is 0 Å². The van der Waals surface area contributed by atoms with Crippen LogP contribution in [0.15, 0.2) is 18.2 Å². The predicted molar refractivity (Wildman–Crippen MR) is 120 cm³/mol. The monoisotopic (exact) mass is 447 g/mol. The largest absolute Gasteiger partial charge is 0.447 e. The van der Waals surface area contributed by atoms with Crippen LogP contribution in [0.25, 0.3) is 11.3 Å². The number of ether oxygens (including phenoxy) is 2. The van der Waals surface area contributed by atoms with Gasteiger partial charge in [0.25, 0.3) is 0 Å². The predicted octanol–water partition coefficient (Wildman–Crippen LogP) is 4.78. The number of anilines is 1. The summed E-state index contributed by atoms with van der Waals surface area (Å²) in [5.41, 5.74) is 3.08. The van der Waals surface area contributed by atoms with Crippen molar-refractivity contribution in [2.24, 2.45) is 5.92 Å². The van der Waals surface area contributed by atoms with E-state index in [0.29, 0.717) is 25.1 Å². The van der Waals surface area contributed by atoms with E-state index in [0.717, 1.165) is 61.3 Å². The molecule has 0 saturated heterocycles. The maximum absolute atomic E-state index is 13.8. The van der Waals surface area contributed by atoms with E-state index >= 15 is 0 Å². The highest BCUT2D eigenvalue weighted by atomic mass is 32.1. The normalized spacial score (nSPS) is 20.3. The van der Waals surface area contributed by atoms with Gasteiger partial charge in [-0.3, -0.25) is 0 Å². The average molecular weight is 448 g/mol. The Morgan fingerprint density at radius 1 is 1.23 bits per heavy atom. The van der Waals surface area contributed by atoms with Crippen molar-refractivity contribution in [1.29, 1.82) is 0 Å². The second-order valence-electron chi connectivity index (χ2n) is 8.32. The topological polar surface area (TPSA) is 72.5 Å². The number of alkyl carbamates (subject to hydrolysis) is 1. The summed E-state index contributed by atoms with van der Waals surface area (Å²) >= 11 is 1.71. The molecule has 0 bridgehead atoms. The number of benzene rings is 1. The molecule has 1 heterocycles. The summed E-state index contributed by atoms with van der Waals surface area (Å²) < 4.78 is 23.8. The molecule has 0 radical (unpaired) electrons. The van der Waals surface area contributed by atoms with Crippen molar-refractivity contribution in [2.45, 2.75) is 51.0 Å². The Morgan fingerprint density at radius 3 is 2.87 bits per heavy atom. The number of carbonyl (C=O) groups is 1. The van der Waals surface area contributed by atoms with Gasteiger partial charge < -0.3 is 20.1 Å². The number of rotatable bonds is 7. The molecule has 0 aliphatic heterocycles. The molecular formula is C23H30FN3O3S. The quantitative estimate of drug-likeness (QED) is 0.598. The standard InChI is InChI=1S/C23H30FN3O3S/c1-29-11-12-30-23(28)25-14-15-5-9-18(10-6-15)26-22-27-21-19-13-17(24)8-7-16(19)3-2-4-20(21)31-22/h7-8,13,15,18H,2-6,9-12,14H2,1H3,(H,25,28)(H,26,27)/t15-,18-. The van der Waals surface area contributed by atoms with Crippen LogP contribution in [0.4, 0.5) is 14.3 Å². The number of nitrogens with one attached hydrogen (secondary N) is 2. The van der Waals surface area contributed by atoms with Crippen LogP contribution < -0.4 is 10.6 Å². The molecule has 8 heteroatoms. The third-order valence-corrected chi connectivity index (χ3v) is 7.15. The van der Waals surface area contributed by atoms with Gasteiger partial charge in [0.1, 0.15) is 12.4 Å². The Balaban J connectivity index is 1.28. The molecule has 6 nitrogen and oxygen atoms in total. The Labute approximate surface area is 186 Å². The summed E-state index contributed by atoms with van der Waals surface area (Å²) in [7, 11) is 1.58. The van der Waals surface area contributed by atoms with E-state index in [1.54, 1.807) is 30.6 Å². The zero-order valence-electron chi connectivity index (χ0n) is 17.9. The maximum Gasteiger partial charge on any atom is 0.407 e. The summed E-state index contributed by atoms with van der Waals surface area (Å²) in [6, 6.07) is 5.45. The van der Waals surface area contributed by atoms with Crippen molar-refractivity contribution < 1.29 is 18.7 Å². The number of methoxy groups -OCH3 is 1. The van der Waals surface area contributed by atoms with E-state index in [-0.39, 0.29) is 18.5 Å². The number of hydrogen-bond acceptors (Lipinski definition) is 6. The molecule has 1 fully saturated rings. The van der Waals surface area contributed by atoms with Gasteiger partial charge in [0, 0.05) is 30.1 Å². The summed E-state index contributed by atoms with van der Waals surface area (Å²) in [5.74, 6) is 0.263. The fourth-order valence-electron chi connectivity index (χ4n) is 4.40. The molecule has 31 heavy (non-hydrogen) atoms. The van der Waals surface area contributed by atoms with Gasteiger partial charge in [-0.15, -0.1) is 11.3 Å². The lowest BCUT2D eigenvalue weighted by atomic mass is 9.86. The minimum Gasteiger partial charge on any atom is -0.447 e. The molecule has 2 N–H and O–H groups in total. The Morgan fingerprint density at radius 2 is 2.06 bits per heavy atom. The number of amides is 1. The second kappa shape index (κ2) is 10.4. The summed E-state index contributed by atoms with van der Waals surface area (Å²) in [6.45, 7) is 1.32. The first kappa shape index (κ1) is 22.0. The molecule has 168 valence electrons. The Hall–Kier alpha value is -2.19. The summed E-state index contributed by atoms with van der Waals surface area (Å²) in [5, 5.41) is 7.40. The van der Waals surface area contributed by atoms with Gasteiger partial charge in [-0.25, -0.2) is 14.2 Å². The molecule has 2 aromatic rings. The minimum atomic E-state index is -0.377. The lowest BCUT2D eigenvalue weighted by molar-refractivity contribution is 0.0972. The van der Waals surface area contributed by atoms with Gasteiger partial charge in [0.2, 0.25) is 0 Å². The number of aryl methyl sites for hydroxylation is 2. The lowest BCUT2D eigenvalue weighted by Crippen LogP contribution is -2.34. The highest BCUT2D eigenvalue weighted by molar-refractivity contribution is 7.16. The lowest BCUT2D eigenvalue weighted by Gasteiger charge is -2.29. The number of nitrogens with zero attached hydrogens (tertiary/aromatic N) is 1. The Bertz CT molecular complexity index is 896. The van der Waals surface area contributed by atoms with Crippen LogP contribution >= 0.6 is 11.3 Å². The maximum atomic E-state index is 13.8. The highest BCUT2D eigenvalue weighted by Gasteiger charge is 2.24. The van der Waals surface area contributed by atoms with Crippen molar-refractivity contribution >= 4 is 22.6 Å². The number of fused-ring (bicyclic) bond motifs is 3. The number of carbonyl (C=O) groups excluding carboxylic acids is 1. The molecule has 2 aliphatic carbocycles. The van der Waals surface area contributed by atoms with E-state index in [9.17, 15) is 9.18 Å². The minimum absolute atomic E-state index is 0.205. The second-order valence-corrected chi connectivity index (χ2v) is 9.40. The fourth-order valence-corrected chi connectivity index (χ4v) is 5.50. The average Bonchev–Trinajstić information content (AvgIpc) is 3.09. The van der Waals surface area contributed by atoms with E-state index in [2.05, 4.69) is 10.6 Å². The van der Waals surface area contributed by atoms with Crippen LogP contribution in [0.5, 0.6) is 0 Å². The molecule has 2 aliphatic rings. The molecule has 0 atom stereocenters. The number of halogens is 1. The van der Waals surface area contributed by atoms with Crippen LogP contribution in [-0.4, -0.2) is 44.0 Å². The SMILES string of the molecule is COCCOC(=O)NC[C@H]1CC[C@H](Nc2nc3c(s2)CCCc2ccc(F)cc2-3)CC1. The van der Waals surface area contributed by atoms with E-state index in [1.165, 1.54) is 10.4 Å². The number of thiazole rings is 1. The first-order valence-corrected chi connectivity index (χ1v) is 11.9. The van der Waals surface area contributed by atoms with E-state index in [1.807, 2.05) is 6.07 Å². The zero-order valence-corrected chi connectivity index (χ0v) is 18.7. The van der Waals surface area contributed by atoms with Gasteiger partial charge in [-0.2, -0.15) is 0 Å². The molecule has 1 aromatic heterocycles. The van der Waals surface area contributed by atoms with Gasteiger partial charge in [-0.1, -0.05) is 6.07 Å². The Kier molecular flexibility index (Phi) is 7.40. The summed E-state index contributed by atoms with van der Waals surface area (Å²) in [6.07, 6.45) is 6.84. The molecule has 4 rings (SSSR count). The first-order valence-electron chi connectivity index (χ1n) is 11.1.